The van der Waals surface area contributed by atoms with Crippen LogP contribution in [0.25, 0.3) is 0 Å². The molecule has 0 N–H and O–H groups in total. The van der Waals surface area contributed by atoms with E-state index in [-0.39, 0.29) is 6.29 Å². The first-order chi connectivity index (χ1) is 8.63. The normalized spacial score (nSPS) is 14.0. The zero-order valence-corrected chi connectivity index (χ0v) is 9.05. The maximum atomic E-state index is 13.4. The van der Waals surface area contributed by atoms with E-state index in [9.17, 15) is 35.9 Å². The lowest BCUT2D eigenvalue weighted by Crippen LogP contribution is -2.41. The van der Waals surface area contributed by atoms with Gasteiger partial charge >= 0.3 is 12.1 Å². The molecule has 104 valence electrons. The van der Waals surface area contributed by atoms with Crippen molar-refractivity contribution in [1.82, 2.24) is 0 Å². The third-order valence-electron chi connectivity index (χ3n) is 2.30. The van der Waals surface area contributed by atoms with Crippen LogP contribution in [0.15, 0.2) is 24.3 Å². The van der Waals surface area contributed by atoms with E-state index in [4.69, 9.17) is 0 Å². The van der Waals surface area contributed by atoms with Crippen molar-refractivity contribution < 1.29 is 35.9 Å². The van der Waals surface area contributed by atoms with E-state index >= 15 is 0 Å². The monoisotopic (exact) mass is 284 g/mol. The molecule has 2 nitrogen and oxygen atoms in total. The fourth-order valence-corrected chi connectivity index (χ4v) is 1.34. The van der Waals surface area contributed by atoms with E-state index in [2.05, 4.69) is 0 Å². The van der Waals surface area contributed by atoms with Gasteiger partial charge in [0.1, 0.15) is 0 Å². The molecule has 0 heterocycles. The molecule has 0 aliphatic rings. The quantitative estimate of drug-likeness (QED) is 0.368. The average molecular weight is 284 g/mol. The molecule has 1 aromatic carbocycles. The Labute approximate surface area is 103 Å². The molecule has 0 saturated heterocycles. The molecule has 0 aliphatic heterocycles. The molecule has 8 heteroatoms. The van der Waals surface area contributed by atoms with Gasteiger partial charge in [-0.1, -0.05) is 24.3 Å². The summed E-state index contributed by atoms with van der Waals surface area (Å²) < 4.78 is 75.3. The molecule has 1 rings (SSSR count). The lowest BCUT2D eigenvalue weighted by atomic mass is 9.96. The number of Topliss-reactive ketones (excluding diaryl/α,β-unsaturated/α-hetero) is 1. The van der Waals surface area contributed by atoms with Crippen LogP contribution in [0.4, 0.5) is 26.3 Å². The molecule has 19 heavy (non-hydrogen) atoms. The molecule has 1 aromatic rings. The number of aldehydes is 1. The van der Waals surface area contributed by atoms with Crippen LogP contribution in [-0.4, -0.2) is 24.2 Å². The van der Waals surface area contributed by atoms with Crippen molar-refractivity contribution in [2.24, 2.45) is 0 Å². The standard InChI is InChI=1S/C11H6F6O2/c12-9(10(13,14)11(15,16)17)7-4-2-1-3-6(7)8(19)5-18/h1-5,9H. The van der Waals surface area contributed by atoms with Crippen molar-refractivity contribution in [1.29, 1.82) is 0 Å². The predicted molar refractivity (Wildman–Crippen MR) is 51.7 cm³/mol. The number of carbonyl (C=O) groups excluding carboxylic acids is 2. The van der Waals surface area contributed by atoms with Crippen LogP contribution in [0.2, 0.25) is 0 Å². The second-order valence-electron chi connectivity index (χ2n) is 3.55. The molecule has 0 fully saturated rings. The minimum atomic E-state index is -6.11. The van der Waals surface area contributed by atoms with Crippen LogP contribution in [-0.2, 0) is 4.79 Å². The van der Waals surface area contributed by atoms with Crippen molar-refractivity contribution in [3.63, 3.8) is 0 Å². The van der Waals surface area contributed by atoms with Gasteiger partial charge in [0.15, 0.2) is 12.5 Å². The van der Waals surface area contributed by atoms with E-state index in [1.54, 1.807) is 0 Å². The fourth-order valence-electron chi connectivity index (χ4n) is 1.34. The van der Waals surface area contributed by atoms with Crippen molar-refractivity contribution in [2.75, 3.05) is 0 Å². The van der Waals surface area contributed by atoms with Gasteiger partial charge in [0, 0.05) is 11.1 Å². The van der Waals surface area contributed by atoms with Gasteiger partial charge in [-0.25, -0.2) is 4.39 Å². The fraction of sp³-hybridized carbons (Fsp3) is 0.273. The summed E-state index contributed by atoms with van der Waals surface area (Å²) in [7, 11) is 0. The molecule has 0 radical (unpaired) electrons. The molecule has 0 bridgehead atoms. The summed E-state index contributed by atoms with van der Waals surface area (Å²) in [6, 6.07) is 3.49. The summed E-state index contributed by atoms with van der Waals surface area (Å²) in [5, 5.41) is 0. The van der Waals surface area contributed by atoms with Crippen molar-refractivity contribution in [2.45, 2.75) is 18.3 Å². The Morgan fingerprint density at radius 2 is 1.63 bits per heavy atom. The van der Waals surface area contributed by atoms with Gasteiger partial charge in [-0.15, -0.1) is 0 Å². The van der Waals surface area contributed by atoms with Gasteiger partial charge in [0.25, 0.3) is 0 Å². The highest BCUT2D eigenvalue weighted by atomic mass is 19.4. The zero-order valence-electron chi connectivity index (χ0n) is 9.05. The Kier molecular flexibility index (Phi) is 4.02. The van der Waals surface area contributed by atoms with Crippen molar-refractivity contribution >= 4 is 12.1 Å². The largest absolute Gasteiger partial charge is 0.456 e. The summed E-state index contributed by atoms with van der Waals surface area (Å²) in [6.45, 7) is 0. The zero-order chi connectivity index (χ0) is 14.8. The van der Waals surface area contributed by atoms with Crippen LogP contribution < -0.4 is 0 Å². The molecule has 0 amide bonds. The summed E-state index contributed by atoms with van der Waals surface area (Å²) in [5.74, 6) is -7.04. The van der Waals surface area contributed by atoms with Gasteiger partial charge in [0.2, 0.25) is 5.78 Å². The summed E-state index contributed by atoms with van der Waals surface area (Å²) in [4.78, 5) is 21.3. The van der Waals surface area contributed by atoms with Crippen LogP contribution in [0.3, 0.4) is 0 Å². The summed E-state index contributed by atoms with van der Waals surface area (Å²) >= 11 is 0. The summed E-state index contributed by atoms with van der Waals surface area (Å²) in [6.07, 6.45) is -10.2. The number of halogens is 6. The maximum Gasteiger partial charge on any atom is 0.456 e. The average Bonchev–Trinajstić information content (AvgIpc) is 2.35. The number of carbonyl (C=O) groups is 2. The van der Waals surface area contributed by atoms with E-state index in [0.29, 0.717) is 6.07 Å². The van der Waals surface area contributed by atoms with E-state index in [1.165, 1.54) is 0 Å². The Hall–Kier alpha value is -1.86. The summed E-state index contributed by atoms with van der Waals surface area (Å²) in [5.41, 5.74) is -2.00. The lowest BCUT2D eigenvalue weighted by molar-refractivity contribution is -0.305. The first-order valence-corrected chi connectivity index (χ1v) is 4.80. The van der Waals surface area contributed by atoms with E-state index < -0.39 is 35.2 Å². The van der Waals surface area contributed by atoms with Crippen molar-refractivity contribution in [3.05, 3.63) is 35.4 Å². The third-order valence-corrected chi connectivity index (χ3v) is 2.30. The third kappa shape index (κ3) is 2.77. The Morgan fingerprint density at radius 1 is 1.11 bits per heavy atom. The minimum absolute atomic E-state index is 0.294. The molecule has 0 spiro atoms. The predicted octanol–water partition coefficient (Wildman–Crippen LogP) is 3.28. The topological polar surface area (TPSA) is 34.1 Å². The van der Waals surface area contributed by atoms with Crippen LogP contribution >= 0.6 is 0 Å². The van der Waals surface area contributed by atoms with E-state index in [0.717, 1.165) is 18.2 Å². The molecule has 0 aromatic heterocycles. The van der Waals surface area contributed by atoms with Gasteiger partial charge in [-0.05, 0) is 0 Å². The SMILES string of the molecule is O=CC(=O)c1ccccc1C(F)C(F)(F)C(F)(F)F. The van der Waals surface area contributed by atoms with Gasteiger partial charge in [-0.2, -0.15) is 22.0 Å². The van der Waals surface area contributed by atoms with E-state index in [1.807, 2.05) is 0 Å². The Balaban J connectivity index is 3.31. The number of benzene rings is 1. The second kappa shape index (κ2) is 5.02. The smallest absolute Gasteiger partial charge is 0.294 e. The molecule has 1 unspecified atom stereocenters. The number of hydrogen-bond donors (Lipinski definition) is 0. The minimum Gasteiger partial charge on any atom is -0.294 e. The van der Waals surface area contributed by atoms with Crippen LogP contribution in [0.5, 0.6) is 0 Å². The highest BCUT2D eigenvalue weighted by Gasteiger charge is 2.64. The van der Waals surface area contributed by atoms with Gasteiger partial charge in [-0.3, -0.25) is 9.59 Å². The molecular weight excluding hydrogens is 278 g/mol. The van der Waals surface area contributed by atoms with Gasteiger partial charge in [0.05, 0.1) is 0 Å². The first-order valence-electron chi connectivity index (χ1n) is 4.80. The molecular formula is C11H6F6O2. The number of hydrogen-bond acceptors (Lipinski definition) is 2. The van der Waals surface area contributed by atoms with Crippen LogP contribution in [0, 0.1) is 0 Å². The number of ketones is 1. The van der Waals surface area contributed by atoms with Gasteiger partial charge < -0.3 is 0 Å². The molecule has 1 atom stereocenters. The first kappa shape index (κ1) is 15.2. The Morgan fingerprint density at radius 3 is 2.11 bits per heavy atom. The number of rotatable bonds is 4. The highest BCUT2D eigenvalue weighted by Crippen LogP contribution is 2.47. The lowest BCUT2D eigenvalue weighted by Gasteiger charge is -2.24. The Bertz CT molecular complexity index is 494. The maximum absolute atomic E-state index is 13.4. The molecule has 0 aliphatic carbocycles. The van der Waals surface area contributed by atoms with Crippen molar-refractivity contribution in [3.8, 4) is 0 Å². The van der Waals surface area contributed by atoms with Crippen LogP contribution in [0.1, 0.15) is 22.1 Å². The second-order valence-corrected chi connectivity index (χ2v) is 3.55. The molecule has 0 saturated carbocycles. The number of alkyl halides is 6. The highest BCUT2D eigenvalue weighted by molar-refractivity contribution is 6.33.